The van der Waals surface area contributed by atoms with Crippen molar-refractivity contribution in [2.45, 2.75) is 5.41 Å². The molecule has 0 amide bonds. The van der Waals surface area contributed by atoms with E-state index in [-0.39, 0.29) is 0 Å². The number of hydrogen-bond donors (Lipinski definition) is 0. The smallest absolute Gasteiger partial charge is 0.150 e. The van der Waals surface area contributed by atoms with Gasteiger partial charge in [0.15, 0.2) is 0 Å². The van der Waals surface area contributed by atoms with Gasteiger partial charge >= 0.3 is 0 Å². The lowest BCUT2D eigenvalue weighted by molar-refractivity contribution is 0.111. The highest BCUT2D eigenvalue weighted by molar-refractivity contribution is 5.97. The molecule has 29 heavy (non-hydrogen) atoms. The highest BCUT2D eigenvalue weighted by atomic mass is 16.1. The van der Waals surface area contributed by atoms with Crippen LogP contribution in [0, 0.1) is 0 Å². The number of hydrogen-bond acceptors (Lipinski definition) is 2. The zero-order valence-corrected chi connectivity index (χ0v) is 15.6. The Morgan fingerprint density at radius 1 is 0.483 bits per heavy atom. The Kier molecular flexibility index (Phi) is 3.14. The molecule has 0 saturated heterocycles. The summed E-state index contributed by atoms with van der Waals surface area (Å²) in [4.78, 5) is 23.3. The van der Waals surface area contributed by atoms with Crippen LogP contribution >= 0.6 is 0 Å². The summed E-state index contributed by atoms with van der Waals surface area (Å²) in [5.74, 6) is 0. The lowest BCUT2D eigenvalue weighted by Crippen LogP contribution is -2.26. The van der Waals surface area contributed by atoms with Gasteiger partial charge in [0, 0.05) is 11.1 Å². The molecule has 0 bridgehead atoms. The minimum atomic E-state index is -0.518. The monoisotopic (exact) mass is 372 g/mol. The van der Waals surface area contributed by atoms with Crippen molar-refractivity contribution in [3.8, 4) is 22.3 Å². The van der Waals surface area contributed by atoms with Gasteiger partial charge in [0.25, 0.3) is 0 Å². The molecule has 2 heteroatoms. The largest absolute Gasteiger partial charge is 0.298 e. The Balaban J connectivity index is 1.86. The van der Waals surface area contributed by atoms with Crippen LogP contribution in [0.25, 0.3) is 22.3 Å². The number of benzene rings is 4. The third kappa shape index (κ3) is 1.86. The van der Waals surface area contributed by atoms with Crippen LogP contribution in [0.2, 0.25) is 0 Å². The summed E-state index contributed by atoms with van der Waals surface area (Å²) < 4.78 is 0. The van der Waals surface area contributed by atoms with Crippen LogP contribution in [0.15, 0.2) is 84.9 Å². The van der Waals surface area contributed by atoms with Crippen LogP contribution in [0.1, 0.15) is 43.0 Å². The molecular formula is C27H16O2. The maximum absolute atomic E-state index is 11.6. The van der Waals surface area contributed by atoms with E-state index in [1.165, 1.54) is 22.3 Å². The molecule has 2 aliphatic carbocycles. The van der Waals surface area contributed by atoms with Crippen molar-refractivity contribution in [2.24, 2.45) is 0 Å². The van der Waals surface area contributed by atoms with Gasteiger partial charge in [0.1, 0.15) is 12.6 Å². The Bertz CT molecular complexity index is 1240. The molecule has 136 valence electrons. The summed E-state index contributed by atoms with van der Waals surface area (Å²) in [5, 5.41) is 0. The van der Waals surface area contributed by atoms with Crippen molar-refractivity contribution in [3.63, 3.8) is 0 Å². The molecule has 0 unspecified atom stereocenters. The normalized spacial score (nSPS) is 14.1. The van der Waals surface area contributed by atoms with Crippen molar-refractivity contribution in [1.29, 1.82) is 0 Å². The molecule has 0 aliphatic heterocycles. The first-order chi connectivity index (χ1) is 14.3. The second-order valence-electron chi connectivity index (χ2n) is 7.69. The summed E-state index contributed by atoms with van der Waals surface area (Å²) in [5.41, 5.74) is 10.1. The van der Waals surface area contributed by atoms with Crippen LogP contribution < -0.4 is 0 Å². The van der Waals surface area contributed by atoms with Gasteiger partial charge in [-0.3, -0.25) is 9.59 Å². The predicted octanol–water partition coefficient (Wildman–Crippen LogP) is 5.66. The fraction of sp³-hybridized carbons (Fsp3) is 0.0370. The average molecular weight is 372 g/mol. The molecule has 1 spiro atoms. The molecule has 4 aromatic carbocycles. The summed E-state index contributed by atoms with van der Waals surface area (Å²) in [7, 11) is 0. The maximum Gasteiger partial charge on any atom is 0.150 e. The van der Waals surface area contributed by atoms with Crippen molar-refractivity contribution >= 4 is 12.6 Å². The SMILES string of the molecule is O=Cc1ccc2c(c1)C1(c3ccccc3-c3ccccc31)c1cc(C=O)ccc1-2. The first kappa shape index (κ1) is 16.2. The minimum Gasteiger partial charge on any atom is -0.298 e. The van der Waals surface area contributed by atoms with Crippen LogP contribution in [0.5, 0.6) is 0 Å². The molecule has 2 aliphatic rings. The lowest BCUT2D eigenvalue weighted by atomic mass is 9.70. The highest BCUT2D eigenvalue weighted by Crippen LogP contribution is 2.62. The summed E-state index contributed by atoms with van der Waals surface area (Å²) >= 11 is 0. The number of rotatable bonds is 2. The van der Waals surface area contributed by atoms with Gasteiger partial charge in [0.05, 0.1) is 5.41 Å². The van der Waals surface area contributed by atoms with Crippen molar-refractivity contribution < 1.29 is 9.59 Å². The Morgan fingerprint density at radius 2 is 0.897 bits per heavy atom. The van der Waals surface area contributed by atoms with Gasteiger partial charge in [-0.25, -0.2) is 0 Å². The van der Waals surface area contributed by atoms with E-state index in [1.54, 1.807) is 0 Å². The van der Waals surface area contributed by atoms with E-state index in [2.05, 4.69) is 48.5 Å². The topological polar surface area (TPSA) is 34.1 Å². The van der Waals surface area contributed by atoms with Crippen LogP contribution in [-0.4, -0.2) is 12.6 Å². The maximum atomic E-state index is 11.6. The first-order valence-electron chi connectivity index (χ1n) is 9.68. The number of carbonyl (C=O) groups is 2. The average Bonchev–Trinajstić information content (AvgIpc) is 3.25. The fourth-order valence-corrected chi connectivity index (χ4v) is 5.32. The Morgan fingerprint density at radius 3 is 1.34 bits per heavy atom. The summed E-state index contributed by atoms with van der Waals surface area (Å²) in [6.07, 6.45) is 1.81. The molecule has 0 heterocycles. The van der Waals surface area contributed by atoms with Crippen molar-refractivity contribution in [1.82, 2.24) is 0 Å². The van der Waals surface area contributed by atoms with E-state index < -0.39 is 5.41 Å². The molecular weight excluding hydrogens is 356 g/mol. The predicted molar refractivity (Wildman–Crippen MR) is 114 cm³/mol. The van der Waals surface area contributed by atoms with E-state index in [0.29, 0.717) is 11.1 Å². The molecule has 6 rings (SSSR count). The van der Waals surface area contributed by atoms with Crippen molar-refractivity contribution in [2.75, 3.05) is 0 Å². The molecule has 0 atom stereocenters. The Labute approximate surface area is 168 Å². The minimum absolute atomic E-state index is 0.518. The van der Waals surface area contributed by atoms with E-state index in [9.17, 15) is 9.59 Å². The van der Waals surface area contributed by atoms with Crippen LogP contribution in [-0.2, 0) is 5.41 Å². The zero-order chi connectivity index (χ0) is 19.6. The molecule has 0 aromatic heterocycles. The standard InChI is InChI=1S/C27H16O2/c28-15-17-9-11-21-22-12-10-18(16-29)14-26(22)27(25(21)13-17)23-7-3-1-5-19(23)20-6-2-4-8-24(20)27/h1-16H. The number of carbonyl (C=O) groups excluding carboxylic acids is 2. The third-order valence-corrected chi connectivity index (χ3v) is 6.41. The summed E-state index contributed by atoms with van der Waals surface area (Å²) in [6, 6.07) is 28.8. The van der Waals surface area contributed by atoms with E-state index in [0.717, 1.165) is 34.8 Å². The number of fused-ring (bicyclic) bond motifs is 10. The second-order valence-corrected chi connectivity index (χ2v) is 7.69. The van der Waals surface area contributed by atoms with Crippen LogP contribution in [0.4, 0.5) is 0 Å². The molecule has 2 nitrogen and oxygen atoms in total. The number of aldehydes is 2. The fourth-order valence-electron chi connectivity index (χ4n) is 5.32. The molecule has 0 fully saturated rings. The van der Waals surface area contributed by atoms with Gasteiger partial charge in [-0.15, -0.1) is 0 Å². The zero-order valence-electron chi connectivity index (χ0n) is 15.6. The van der Waals surface area contributed by atoms with E-state index in [1.807, 2.05) is 36.4 Å². The lowest BCUT2D eigenvalue weighted by Gasteiger charge is -2.30. The quantitative estimate of drug-likeness (QED) is 0.368. The van der Waals surface area contributed by atoms with Gasteiger partial charge in [-0.05, 0) is 56.6 Å². The molecule has 0 N–H and O–H groups in total. The van der Waals surface area contributed by atoms with Crippen molar-refractivity contribution in [3.05, 3.63) is 118 Å². The van der Waals surface area contributed by atoms with Gasteiger partial charge < -0.3 is 0 Å². The van der Waals surface area contributed by atoms with Gasteiger partial charge in [0.2, 0.25) is 0 Å². The third-order valence-electron chi connectivity index (χ3n) is 6.41. The second kappa shape index (κ2) is 5.62. The van der Waals surface area contributed by atoms with Gasteiger partial charge in [-0.1, -0.05) is 72.8 Å². The van der Waals surface area contributed by atoms with E-state index in [4.69, 9.17) is 0 Å². The molecule has 0 saturated carbocycles. The van der Waals surface area contributed by atoms with E-state index >= 15 is 0 Å². The van der Waals surface area contributed by atoms with Crippen LogP contribution in [0.3, 0.4) is 0 Å². The molecule has 4 aromatic rings. The Hall–Kier alpha value is -3.78. The van der Waals surface area contributed by atoms with Gasteiger partial charge in [-0.2, -0.15) is 0 Å². The highest BCUT2D eigenvalue weighted by Gasteiger charge is 2.51. The molecule has 0 radical (unpaired) electrons. The summed E-state index contributed by atoms with van der Waals surface area (Å²) in [6.45, 7) is 0. The first-order valence-corrected chi connectivity index (χ1v) is 9.68.